The average molecular weight is 589 g/mol. The molecule has 0 saturated carbocycles. The first-order valence-corrected chi connectivity index (χ1v) is 15.0. The van der Waals surface area contributed by atoms with Gasteiger partial charge in [0.1, 0.15) is 0 Å². The summed E-state index contributed by atoms with van der Waals surface area (Å²) >= 11 is 3.35. The quantitative estimate of drug-likeness (QED) is 0.221. The van der Waals surface area contributed by atoms with E-state index in [4.69, 9.17) is 21.1 Å². The van der Waals surface area contributed by atoms with E-state index >= 15 is 0 Å². The molecule has 0 aliphatic carbocycles. The van der Waals surface area contributed by atoms with Crippen LogP contribution in [0, 0.1) is 5.82 Å². The number of carbonyl (C=O) groups is 2. The molecule has 1 atom stereocenters. The fourth-order valence-electron chi connectivity index (χ4n) is 4.02. The molecule has 4 rings (SSSR count). The normalized spacial score (nSPS) is 14.8. The van der Waals surface area contributed by atoms with E-state index in [-0.39, 0.29) is 9.59 Å². The first-order chi connectivity index (χ1) is 17.9. The topological polar surface area (TPSA) is 93.7 Å². The number of anilines is 1. The molecule has 1 unspecified atom stereocenters. The van der Waals surface area contributed by atoms with Crippen molar-refractivity contribution in [1.29, 1.82) is 0 Å². The summed E-state index contributed by atoms with van der Waals surface area (Å²) in [6, 6.07) is 7.77. The molecule has 194 valence electrons. The van der Waals surface area contributed by atoms with E-state index in [2.05, 4.69) is 26.8 Å². The van der Waals surface area contributed by atoms with Crippen LogP contribution in [0.1, 0.15) is 13.3 Å². The van der Waals surface area contributed by atoms with E-state index in [1.807, 2.05) is 0 Å². The van der Waals surface area contributed by atoms with Crippen LogP contribution < -0.4 is 18.9 Å². The number of aromatic nitrogens is 2. The second kappa shape index (κ2) is 12.6. The predicted octanol–water partition coefficient (Wildman–Crippen LogP) is 2.39. The number of rotatable bonds is 10. The Hall–Kier alpha value is -2.84. The van der Waals surface area contributed by atoms with Gasteiger partial charge in [-0.2, -0.15) is 0 Å². The Labute approximate surface area is 224 Å². The third-order valence-corrected chi connectivity index (χ3v) is 10.7. The van der Waals surface area contributed by atoms with Crippen molar-refractivity contribution < 1.29 is 23.5 Å². The van der Waals surface area contributed by atoms with Crippen molar-refractivity contribution in [2.45, 2.75) is 13.3 Å². The van der Waals surface area contributed by atoms with Gasteiger partial charge in [-0.05, 0) is 0 Å². The molecule has 1 aromatic heterocycles. The van der Waals surface area contributed by atoms with E-state index in [1.54, 1.807) is 18.2 Å². The van der Waals surface area contributed by atoms with Gasteiger partial charge >= 0.3 is 220 Å². The van der Waals surface area contributed by atoms with Gasteiger partial charge < -0.3 is 4.74 Å². The average Bonchev–Trinajstić information content (AvgIpc) is 2.89. The summed E-state index contributed by atoms with van der Waals surface area (Å²) in [4.78, 5) is 36.2. The summed E-state index contributed by atoms with van der Waals surface area (Å²) in [5.41, 5.74) is 0.994. The zero-order valence-electron chi connectivity index (χ0n) is 20.4. The molecule has 11 heteroatoms. The summed E-state index contributed by atoms with van der Waals surface area (Å²) in [5.74, 6) is -0.497. The Kier molecular flexibility index (Phi) is 9.27. The molecule has 0 radical (unpaired) electrons. The summed E-state index contributed by atoms with van der Waals surface area (Å²) in [7, 11) is 0. The number of nitrogens with one attached hydrogen (secondary N) is 1. The molecule has 2 heterocycles. The molecule has 3 aromatic rings. The first-order valence-electron chi connectivity index (χ1n) is 11.8. The molecule has 1 saturated heterocycles. The summed E-state index contributed by atoms with van der Waals surface area (Å²) in [6.07, 6.45) is 3.37. The Morgan fingerprint density at radius 2 is 2.05 bits per heavy atom. The molecule has 1 amide bonds. The predicted molar refractivity (Wildman–Crippen MR) is 143 cm³/mol. The van der Waals surface area contributed by atoms with Crippen molar-refractivity contribution in [2.75, 3.05) is 44.8 Å². The van der Waals surface area contributed by atoms with E-state index in [1.165, 1.54) is 31.5 Å². The summed E-state index contributed by atoms with van der Waals surface area (Å²) < 4.78 is 26.4. The summed E-state index contributed by atoms with van der Waals surface area (Å²) in [6.45, 7) is 9.62. The van der Waals surface area contributed by atoms with Gasteiger partial charge in [-0.1, -0.05) is 0 Å². The van der Waals surface area contributed by atoms with Gasteiger partial charge in [0.15, 0.2) is 0 Å². The van der Waals surface area contributed by atoms with Crippen LogP contribution in [0.5, 0.6) is 5.75 Å². The van der Waals surface area contributed by atoms with E-state index in [0.717, 1.165) is 39.3 Å². The van der Waals surface area contributed by atoms with Crippen molar-refractivity contribution in [3.8, 4) is 5.75 Å². The number of halogens is 2. The van der Waals surface area contributed by atoms with Gasteiger partial charge in [0.25, 0.3) is 0 Å². The van der Waals surface area contributed by atoms with Crippen LogP contribution in [0.2, 0.25) is 5.02 Å². The van der Waals surface area contributed by atoms with Gasteiger partial charge in [0.05, 0.1) is 0 Å². The van der Waals surface area contributed by atoms with Crippen molar-refractivity contribution in [2.24, 2.45) is 0 Å². The first kappa shape index (κ1) is 27.2. The number of morpholine rings is 1. The van der Waals surface area contributed by atoms with Gasteiger partial charge in [-0.3, -0.25) is 0 Å². The van der Waals surface area contributed by atoms with Crippen molar-refractivity contribution in [1.82, 2.24) is 14.9 Å². The molecular weight excluding hydrogens is 562 g/mol. The van der Waals surface area contributed by atoms with Gasteiger partial charge in [-0.15, -0.1) is 0 Å². The summed E-state index contributed by atoms with van der Waals surface area (Å²) in [5, 5.41) is 3.35. The molecule has 0 spiro atoms. The van der Waals surface area contributed by atoms with Crippen LogP contribution in [0.15, 0.2) is 49.3 Å². The Bertz CT molecular complexity index is 1320. The van der Waals surface area contributed by atoms with Crippen LogP contribution in [0.4, 0.5) is 10.1 Å². The molecule has 0 bridgehead atoms. The fourth-order valence-corrected chi connectivity index (χ4v) is 8.51. The molecule has 2 aromatic carbocycles. The molecular formula is C26H27AsClFN4O4. The monoisotopic (exact) mass is 588 g/mol. The van der Waals surface area contributed by atoms with E-state index < -0.39 is 26.4 Å². The number of nitrogens with zero attached hydrogens (tertiary/aromatic N) is 3. The second-order valence-corrected chi connectivity index (χ2v) is 13.5. The van der Waals surface area contributed by atoms with E-state index in [9.17, 15) is 14.0 Å². The molecule has 8 nitrogen and oxygen atoms in total. The third-order valence-electron chi connectivity index (χ3n) is 5.83. The SMILES string of the molecule is C=CC(=O)Nc1cc2c([As](C(C)=O)c3ccc(F)c(Cl)c3)ncnc2cc1OCCCN1CCOCC1. The number of hydrogen-bond donors (Lipinski definition) is 1. The number of benzene rings is 2. The molecule has 37 heavy (non-hydrogen) atoms. The minimum absolute atomic E-state index is 0.0526. The number of carbonyl (C=O) groups excluding carboxylic acids is 2. The molecule has 1 fully saturated rings. The number of fused-ring (bicyclic) bond motifs is 1. The maximum atomic E-state index is 13.8. The van der Waals surface area contributed by atoms with Crippen molar-refractivity contribution in [3.63, 3.8) is 0 Å². The Morgan fingerprint density at radius 1 is 1.27 bits per heavy atom. The molecule has 1 aliphatic rings. The number of hydrogen-bond acceptors (Lipinski definition) is 7. The maximum absolute atomic E-state index is 13.8. The standard InChI is InChI=1S/C26H27AsClFN4O4/c1-3-25(35)32-23-14-19-22(15-24(23)37-10-4-7-33-8-11-36-12-9-33)30-16-31-26(19)27(17(2)34)18-5-6-21(29)20(28)13-18/h3,5-6,13-16H,1,4,7-12H2,2H3,(H,32,35). The van der Waals surface area contributed by atoms with Crippen LogP contribution in [-0.4, -0.2) is 79.5 Å². The van der Waals surface area contributed by atoms with Gasteiger partial charge in [0, 0.05) is 0 Å². The number of amides is 1. The van der Waals surface area contributed by atoms with E-state index in [0.29, 0.717) is 37.8 Å². The Balaban J connectivity index is 1.67. The van der Waals surface area contributed by atoms with Gasteiger partial charge in [-0.25, -0.2) is 0 Å². The van der Waals surface area contributed by atoms with Gasteiger partial charge in [0.2, 0.25) is 0 Å². The zero-order chi connectivity index (χ0) is 26.4. The molecule has 1 N–H and O–H groups in total. The van der Waals surface area contributed by atoms with Crippen molar-refractivity contribution in [3.05, 3.63) is 60.2 Å². The zero-order valence-corrected chi connectivity index (χ0v) is 23.0. The van der Waals surface area contributed by atoms with Crippen LogP contribution in [0.25, 0.3) is 10.9 Å². The Morgan fingerprint density at radius 3 is 2.76 bits per heavy atom. The third kappa shape index (κ3) is 6.73. The molecule has 1 aliphatic heterocycles. The minimum atomic E-state index is -2.66. The van der Waals surface area contributed by atoms with Crippen molar-refractivity contribution >= 4 is 62.2 Å². The van der Waals surface area contributed by atoms with Crippen LogP contribution in [0.3, 0.4) is 0 Å². The fraction of sp³-hybridized carbons (Fsp3) is 0.308. The second-order valence-electron chi connectivity index (χ2n) is 8.37. The number of ether oxygens (including phenoxy) is 2. The van der Waals surface area contributed by atoms with Crippen LogP contribution >= 0.6 is 11.6 Å². The van der Waals surface area contributed by atoms with Crippen LogP contribution in [-0.2, 0) is 14.3 Å².